The minimum absolute atomic E-state index is 0.0456. The van der Waals surface area contributed by atoms with Crippen LogP contribution in [0.2, 0.25) is 0 Å². The summed E-state index contributed by atoms with van der Waals surface area (Å²) in [7, 11) is 0. The van der Waals surface area contributed by atoms with Crippen molar-refractivity contribution in [1.82, 2.24) is 4.98 Å². The quantitative estimate of drug-likeness (QED) is 0.667. The van der Waals surface area contributed by atoms with Gasteiger partial charge in [-0.2, -0.15) is 5.26 Å². The maximum absolute atomic E-state index is 9.22. The van der Waals surface area contributed by atoms with Crippen LogP contribution in [-0.2, 0) is 0 Å². The zero-order chi connectivity index (χ0) is 8.43. The minimum atomic E-state index is -0.0456. The minimum Gasteiger partial charge on any atom is -0.505 e. The lowest BCUT2D eigenvalue weighted by atomic mass is 10.2. The Morgan fingerprint density at radius 2 is 2.36 bits per heavy atom. The van der Waals surface area contributed by atoms with Gasteiger partial charge in [-0.15, -0.1) is 0 Å². The number of hydrogen-bond acceptors (Lipinski definition) is 3. The molecule has 0 fully saturated rings. The van der Waals surface area contributed by atoms with E-state index in [1.54, 1.807) is 19.1 Å². The molecule has 0 unspecified atom stereocenters. The van der Waals surface area contributed by atoms with E-state index < -0.39 is 0 Å². The van der Waals surface area contributed by atoms with Crippen LogP contribution in [0.4, 0.5) is 0 Å². The molecule has 1 heterocycles. The van der Waals surface area contributed by atoms with Gasteiger partial charge >= 0.3 is 0 Å². The standard InChI is InChI=1S/C7H5BrN2O/c1-4-2-6(8)10-5(3-9)7(4)11/h2,11H,1H3. The molecule has 0 aliphatic heterocycles. The van der Waals surface area contributed by atoms with E-state index in [4.69, 9.17) is 5.26 Å². The third-order valence-electron chi connectivity index (χ3n) is 1.26. The molecule has 3 nitrogen and oxygen atoms in total. The molecule has 0 aliphatic rings. The lowest BCUT2D eigenvalue weighted by Gasteiger charge is -1.99. The summed E-state index contributed by atoms with van der Waals surface area (Å²) in [6.07, 6.45) is 0. The molecule has 0 spiro atoms. The summed E-state index contributed by atoms with van der Waals surface area (Å²) in [6, 6.07) is 3.43. The van der Waals surface area contributed by atoms with Crippen LogP contribution in [0.1, 0.15) is 11.3 Å². The molecular weight excluding hydrogens is 208 g/mol. The highest BCUT2D eigenvalue weighted by Gasteiger charge is 2.05. The molecule has 4 heteroatoms. The van der Waals surface area contributed by atoms with Crippen molar-refractivity contribution in [2.75, 3.05) is 0 Å². The van der Waals surface area contributed by atoms with Gasteiger partial charge in [-0.25, -0.2) is 4.98 Å². The predicted molar refractivity (Wildman–Crippen MR) is 43.1 cm³/mol. The van der Waals surface area contributed by atoms with Gasteiger partial charge in [0.2, 0.25) is 0 Å². The van der Waals surface area contributed by atoms with E-state index in [1.165, 1.54) is 0 Å². The highest BCUT2D eigenvalue weighted by molar-refractivity contribution is 9.10. The molecule has 1 N–H and O–H groups in total. The van der Waals surface area contributed by atoms with E-state index in [1.807, 2.05) is 0 Å². The summed E-state index contributed by atoms with van der Waals surface area (Å²) in [5, 5.41) is 17.7. The first-order valence-electron chi connectivity index (χ1n) is 2.91. The van der Waals surface area contributed by atoms with Gasteiger partial charge in [0.15, 0.2) is 11.4 Å². The fourth-order valence-electron chi connectivity index (χ4n) is 0.704. The van der Waals surface area contributed by atoms with Crippen LogP contribution in [-0.4, -0.2) is 10.1 Å². The average Bonchev–Trinajstić information content (AvgIpc) is 1.96. The van der Waals surface area contributed by atoms with Crippen LogP contribution in [0.25, 0.3) is 0 Å². The summed E-state index contributed by atoms with van der Waals surface area (Å²) in [5.74, 6) is -0.0456. The second-order valence-electron chi connectivity index (χ2n) is 2.07. The summed E-state index contributed by atoms with van der Waals surface area (Å²) in [4.78, 5) is 3.76. The van der Waals surface area contributed by atoms with Crippen molar-refractivity contribution in [3.8, 4) is 11.8 Å². The molecule has 56 valence electrons. The number of aromatic nitrogens is 1. The summed E-state index contributed by atoms with van der Waals surface area (Å²) in [6.45, 7) is 1.71. The first-order valence-corrected chi connectivity index (χ1v) is 3.70. The van der Waals surface area contributed by atoms with Crippen LogP contribution in [0, 0.1) is 18.3 Å². The molecule has 11 heavy (non-hydrogen) atoms. The molecule has 0 bridgehead atoms. The maximum Gasteiger partial charge on any atom is 0.183 e. The topological polar surface area (TPSA) is 56.9 Å². The fraction of sp³-hybridized carbons (Fsp3) is 0.143. The Balaban J connectivity index is 3.39. The Hall–Kier alpha value is -1.08. The zero-order valence-electron chi connectivity index (χ0n) is 5.80. The van der Waals surface area contributed by atoms with Crippen molar-refractivity contribution < 1.29 is 5.11 Å². The Morgan fingerprint density at radius 1 is 1.73 bits per heavy atom. The number of nitrogens with zero attached hydrogens (tertiary/aromatic N) is 2. The van der Waals surface area contributed by atoms with Crippen LogP contribution in [0.15, 0.2) is 10.7 Å². The Bertz CT molecular complexity index is 330. The summed E-state index contributed by atoms with van der Waals surface area (Å²) in [5.41, 5.74) is 0.695. The van der Waals surface area contributed by atoms with E-state index in [9.17, 15) is 5.11 Å². The number of nitriles is 1. The molecule has 0 saturated heterocycles. The molecule has 1 aromatic heterocycles. The number of aryl methyl sites for hydroxylation is 1. The van der Waals surface area contributed by atoms with E-state index in [-0.39, 0.29) is 11.4 Å². The SMILES string of the molecule is Cc1cc(Br)nc(C#N)c1O. The first kappa shape index (κ1) is 8.02. The second kappa shape index (κ2) is 2.89. The highest BCUT2D eigenvalue weighted by Crippen LogP contribution is 2.22. The zero-order valence-corrected chi connectivity index (χ0v) is 7.38. The van der Waals surface area contributed by atoms with Gasteiger partial charge in [-0.05, 0) is 34.5 Å². The maximum atomic E-state index is 9.22. The first-order chi connectivity index (χ1) is 5.15. The predicted octanol–water partition coefficient (Wildman–Crippen LogP) is 1.73. The van der Waals surface area contributed by atoms with Gasteiger partial charge in [0, 0.05) is 0 Å². The molecule has 0 atom stereocenters. The fourth-order valence-corrected chi connectivity index (χ4v) is 1.22. The molecule has 0 saturated carbocycles. The van der Waals surface area contributed by atoms with Crippen LogP contribution >= 0.6 is 15.9 Å². The third kappa shape index (κ3) is 1.49. The smallest absolute Gasteiger partial charge is 0.183 e. The third-order valence-corrected chi connectivity index (χ3v) is 1.66. The monoisotopic (exact) mass is 212 g/mol. The van der Waals surface area contributed by atoms with Gasteiger partial charge < -0.3 is 5.11 Å². The Morgan fingerprint density at radius 3 is 2.91 bits per heavy atom. The van der Waals surface area contributed by atoms with Crippen molar-refractivity contribution in [2.24, 2.45) is 0 Å². The largest absolute Gasteiger partial charge is 0.505 e. The normalized spacial score (nSPS) is 9.18. The van der Waals surface area contributed by atoms with Crippen molar-refractivity contribution >= 4 is 15.9 Å². The second-order valence-corrected chi connectivity index (χ2v) is 2.88. The van der Waals surface area contributed by atoms with E-state index in [0.717, 1.165) is 0 Å². The van der Waals surface area contributed by atoms with Crippen LogP contribution in [0.3, 0.4) is 0 Å². The summed E-state index contributed by atoms with van der Waals surface area (Å²) < 4.78 is 0.560. The number of pyridine rings is 1. The lowest BCUT2D eigenvalue weighted by Crippen LogP contribution is -1.87. The van der Waals surface area contributed by atoms with Crippen molar-refractivity contribution in [1.29, 1.82) is 5.26 Å². The van der Waals surface area contributed by atoms with Gasteiger partial charge in [-0.1, -0.05) is 0 Å². The van der Waals surface area contributed by atoms with Crippen molar-refractivity contribution in [3.63, 3.8) is 0 Å². The van der Waals surface area contributed by atoms with Crippen LogP contribution < -0.4 is 0 Å². The van der Waals surface area contributed by atoms with E-state index >= 15 is 0 Å². The van der Waals surface area contributed by atoms with Gasteiger partial charge in [-0.3, -0.25) is 0 Å². The van der Waals surface area contributed by atoms with Gasteiger partial charge in [0.1, 0.15) is 10.7 Å². The molecule has 0 radical (unpaired) electrons. The Labute approximate surface area is 72.4 Å². The van der Waals surface area contributed by atoms with Crippen LogP contribution in [0.5, 0.6) is 5.75 Å². The molecule has 1 rings (SSSR count). The van der Waals surface area contributed by atoms with Crippen molar-refractivity contribution in [3.05, 3.63) is 21.9 Å². The highest BCUT2D eigenvalue weighted by atomic mass is 79.9. The van der Waals surface area contributed by atoms with E-state index in [2.05, 4.69) is 20.9 Å². The van der Waals surface area contributed by atoms with Crippen molar-refractivity contribution in [2.45, 2.75) is 6.92 Å². The lowest BCUT2D eigenvalue weighted by molar-refractivity contribution is 0.466. The average molecular weight is 213 g/mol. The van der Waals surface area contributed by atoms with Gasteiger partial charge in [0.05, 0.1) is 0 Å². The number of aromatic hydroxyl groups is 1. The molecule has 1 aromatic rings. The van der Waals surface area contributed by atoms with Gasteiger partial charge in [0.25, 0.3) is 0 Å². The number of hydrogen-bond donors (Lipinski definition) is 1. The van der Waals surface area contributed by atoms with E-state index in [0.29, 0.717) is 10.2 Å². The molecular formula is C7H5BrN2O. The Kier molecular flexibility index (Phi) is 2.11. The molecule has 0 amide bonds. The molecule has 0 aliphatic carbocycles. The number of rotatable bonds is 0. The summed E-state index contributed by atoms with van der Waals surface area (Å²) >= 11 is 3.11. The molecule has 0 aromatic carbocycles. The number of halogens is 1.